The van der Waals surface area contributed by atoms with Crippen LogP contribution in [0, 0.1) is 13.8 Å². The summed E-state index contributed by atoms with van der Waals surface area (Å²) >= 11 is 1.79. The highest BCUT2D eigenvalue weighted by Gasteiger charge is 2.25. The molecule has 9 rings (SSSR count). The van der Waals surface area contributed by atoms with Crippen LogP contribution < -0.4 is 0 Å². The first-order valence-corrected chi connectivity index (χ1v) is 19.5. The quantitative estimate of drug-likeness (QED) is 0.146. The van der Waals surface area contributed by atoms with Gasteiger partial charge in [-0.05, 0) is 124 Å². The Morgan fingerprint density at radius 1 is 0.545 bits per heavy atom. The maximum absolute atomic E-state index is 6.29. The maximum Gasteiger partial charge on any atom is 0.135 e. The Kier molecular flexibility index (Phi) is 8.60. The van der Waals surface area contributed by atoms with E-state index >= 15 is 0 Å². The Morgan fingerprint density at radius 2 is 1.09 bits per heavy atom. The van der Waals surface area contributed by atoms with Crippen LogP contribution in [-0.2, 0) is 0 Å². The van der Waals surface area contributed by atoms with Crippen molar-refractivity contribution in [2.24, 2.45) is 0 Å². The number of hydrogen-bond donors (Lipinski definition) is 0. The summed E-state index contributed by atoms with van der Waals surface area (Å²) < 4.78 is 13.8. The number of furan rings is 2. The molecule has 0 amide bonds. The largest absolute Gasteiger partial charge is 0.461 e. The molecular formula is C52H40O2S. The zero-order valence-electron chi connectivity index (χ0n) is 31.5. The van der Waals surface area contributed by atoms with Crippen LogP contribution in [0.25, 0.3) is 100.0 Å². The van der Waals surface area contributed by atoms with Gasteiger partial charge in [-0.15, -0.1) is 11.3 Å². The van der Waals surface area contributed by atoms with Crippen LogP contribution in [0.1, 0.15) is 52.5 Å². The van der Waals surface area contributed by atoms with Crippen molar-refractivity contribution < 1.29 is 8.83 Å². The molecule has 3 heterocycles. The van der Waals surface area contributed by atoms with Crippen molar-refractivity contribution in [3.8, 4) is 33.8 Å². The molecule has 0 bridgehead atoms. The van der Waals surface area contributed by atoms with Gasteiger partial charge in [-0.3, -0.25) is 0 Å². The first-order valence-electron chi connectivity index (χ1n) is 18.7. The number of rotatable bonds is 8. The van der Waals surface area contributed by atoms with Crippen LogP contribution >= 0.6 is 11.3 Å². The Bertz CT molecular complexity index is 3010. The summed E-state index contributed by atoms with van der Waals surface area (Å²) in [5, 5.41) is 8.24. The van der Waals surface area contributed by atoms with Gasteiger partial charge in [-0.1, -0.05) is 128 Å². The lowest BCUT2D eigenvalue weighted by Gasteiger charge is -2.21. The number of fused-ring (bicyclic) bond motifs is 4. The van der Waals surface area contributed by atoms with Gasteiger partial charge in [0.25, 0.3) is 0 Å². The predicted molar refractivity (Wildman–Crippen MR) is 239 cm³/mol. The highest BCUT2D eigenvalue weighted by atomic mass is 32.1. The minimum absolute atomic E-state index is 0.853. The number of allylic oxidation sites excluding steroid dienone is 2. The number of hydrogen-bond acceptors (Lipinski definition) is 3. The zero-order chi connectivity index (χ0) is 37.8. The highest BCUT2D eigenvalue weighted by molar-refractivity contribution is 7.20. The average Bonchev–Trinajstić information content (AvgIpc) is 3.95. The predicted octanol–water partition coefficient (Wildman–Crippen LogP) is 15.9. The first kappa shape index (κ1) is 34.4. The van der Waals surface area contributed by atoms with Gasteiger partial charge in [0.1, 0.15) is 23.0 Å². The molecule has 0 radical (unpaired) electrons. The molecule has 0 spiro atoms. The van der Waals surface area contributed by atoms with E-state index in [-0.39, 0.29) is 0 Å². The lowest BCUT2D eigenvalue weighted by molar-refractivity contribution is 0.548. The summed E-state index contributed by atoms with van der Waals surface area (Å²) in [6, 6.07) is 41.3. The van der Waals surface area contributed by atoms with Crippen LogP contribution in [0.3, 0.4) is 0 Å². The molecule has 0 fully saturated rings. The van der Waals surface area contributed by atoms with Crippen molar-refractivity contribution in [2.45, 2.75) is 27.7 Å². The van der Waals surface area contributed by atoms with E-state index in [1.165, 1.54) is 48.3 Å². The third-order valence-corrected chi connectivity index (χ3v) is 11.9. The molecular weight excluding hydrogens is 689 g/mol. The molecule has 0 atom stereocenters. The van der Waals surface area contributed by atoms with Gasteiger partial charge in [-0.25, -0.2) is 0 Å². The maximum atomic E-state index is 6.29. The van der Waals surface area contributed by atoms with Crippen molar-refractivity contribution in [3.05, 3.63) is 179 Å². The molecule has 55 heavy (non-hydrogen) atoms. The minimum Gasteiger partial charge on any atom is -0.461 e. The standard InChI is InChI=1S/C52H40O2S/c1-7-17-36-34(8-2)49(39-20-13-16-23-42(39)50(36)44-28-24-31(5)53-44)35(9-3)52-43-27-26-33(30-47(43)55-46(52)10-4)48-37-18-11-14-21-40(37)51(45-29-25-32(6)54-45)41-22-15-12-19-38(41)48/h7-30H,2,4H2,1,3,5-6H3/b17-7-,35-9-. The van der Waals surface area contributed by atoms with Crippen LogP contribution in [-0.4, -0.2) is 0 Å². The van der Waals surface area contributed by atoms with Crippen molar-refractivity contribution >= 4 is 77.5 Å². The van der Waals surface area contributed by atoms with E-state index in [2.05, 4.69) is 148 Å². The van der Waals surface area contributed by atoms with Gasteiger partial charge < -0.3 is 8.83 Å². The number of thiophene rings is 1. The van der Waals surface area contributed by atoms with Crippen LogP contribution in [0.4, 0.5) is 0 Å². The minimum atomic E-state index is 0.853. The highest BCUT2D eigenvalue weighted by Crippen LogP contribution is 2.49. The lowest BCUT2D eigenvalue weighted by Crippen LogP contribution is -2.00. The molecule has 0 saturated carbocycles. The second-order valence-electron chi connectivity index (χ2n) is 13.9. The molecule has 0 N–H and O–H groups in total. The van der Waals surface area contributed by atoms with Gasteiger partial charge in [0.15, 0.2) is 0 Å². The van der Waals surface area contributed by atoms with Crippen LogP contribution in [0.5, 0.6) is 0 Å². The fourth-order valence-corrected chi connectivity index (χ4v) is 9.64. The van der Waals surface area contributed by atoms with Crippen LogP contribution in [0.15, 0.2) is 149 Å². The molecule has 266 valence electrons. The van der Waals surface area contributed by atoms with E-state index in [0.717, 1.165) is 72.1 Å². The van der Waals surface area contributed by atoms with Gasteiger partial charge in [0.05, 0.1) is 0 Å². The third-order valence-electron chi connectivity index (χ3n) is 10.8. The summed E-state index contributed by atoms with van der Waals surface area (Å²) in [7, 11) is 0. The molecule has 6 aromatic carbocycles. The fourth-order valence-electron chi connectivity index (χ4n) is 8.53. The van der Waals surface area contributed by atoms with E-state index in [4.69, 9.17) is 8.83 Å². The van der Waals surface area contributed by atoms with Crippen molar-refractivity contribution in [1.29, 1.82) is 0 Å². The Labute approximate surface area is 325 Å². The molecule has 3 heteroatoms. The molecule has 0 aliphatic heterocycles. The third kappa shape index (κ3) is 5.46. The van der Waals surface area contributed by atoms with Gasteiger partial charge in [-0.2, -0.15) is 0 Å². The summed E-state index contributed by atoms with van der Waals surface area (Å²) in [6.07, 6.45) is 10.6. The van der Waals surface area contributed by atoms with Crippen molar-refractivity contribution in [1.82, 2.24) is 0 Å². The van der Waals surface area contributed by atoms with E-state index in [0.29, 0.717) is 0 Å². The fraction of sp³-hybridized carbons (Fsp3) is 0.0769. The Balaban J connectivity index is 1.30. The van der Waals surface area contributed by atoms with Crippen LogP contribution in [0.2, 0.25) is 0 Å². The van der Waals surface area contributed by atoms with Gasteiger partial charge in [0.2, 0.25) is 0 Å². The molecule has 0 unspecified atom stereocenters. The van der Waals surface area contributed by atoms with E-state index < -0.39 is 0 Å². The van der Waals surface area contributed by atoms with Gasteiger partial charge in [0, 0.05) is 31.7 Å². The van der Waals surface area contributed by atoms with Crippen molar-refractivity contribution in [2.75, 3.05) is 0 Å². The van der Waals surface area contributed by atoms with E-state index in [9.17, 15) is 0 Å². The topological polar surface area (TPSA) is 26.3 Å². The second-order valence-corrected chi connectivity index (χ2v) is 15.0. The van der Waals surface area contributed by atoms with Crippen molar-refractivity contribution in [3.63, 3.8) is 0 Å². The monoisotopic (exact) mass is 728 g/mol. The van der Waals surface area contributed by atoms with Gasteiger partial charge >= 0.3 is 0 Å². The number of aryl methyl sites for hydroxylation is 2. The molecule has 0 aliphatic rings. The summed E-state index contributed by atoms with van der Waals surface area (Å²) in [5.41, 5.74) is 10.3. The summed E-state index contributed by atoms with van der Waals surface area (Å²) in [4.78, 5) is 1.14. The number of benzene rings is 6. The van der Waals surface area contributed by atoms with E-state index in [1.807, 2.05) is 38.1 Å². The molecule has 0 saturated heterocycles. The molecule has 0 aliphatic carbocycles. The Hall–Kier alpha value is -6.42. The normalized spacial score (nSPS) is 12.2. The molecule has 3 aromatic heterocycles. The summed E-state index contributed by atoms with van der Waals surface area (Å²) in [5.74, 6) is 3.53. The van der Waals surface area contributed by atoms with E-state index in [1.54, 1.807) is 11.3 Å². The molecule has 2 nitrogen and oxygen atoms in total. The molecule has 9 aromatic rings. The smallest absolute Gasteiger partial charge is 0.135 e. The SMILES string of the molecule is C=Cc1sc2cc(-c3c4ccccc4c(-c4ccc(C)o4)c4ccccc34)ccc2c1/C(=C\C)c1c(C=C)c(/C=C\C)c(-c2ccc(C)o2)c2ccccc12. The second kappa shape index (κ2) is 13.8. The zero-order valence-corrected chi connectivity index (χ0v) is 32.3. The summed E-state index contributed by atoms with van der Waals surface area (Å²) in [6.45, 7) is 16.9. The Morgan fingerprint density at radius 3 is 1.60 bits per heavy atom. The first-order chi connectivity index (χ1) is 26.9. The average molecular weight is 729 g/mol. The lowest BCUT2D eigenvalue weighted by atomic mass is 9.82.